The summed E-state index contributed by atoms with van der Waals surface area (Å²) in [6.45, 7) is 4.15. The lowest BCUT2D eigenvalue weighted by atomic mass is 10.2. The number of hydrogen-bond donors (Lipinski definition) is 3. The number of fused-ring (bicyclic) bond motifs is 1. The smallest absolute Gasteiger partial charge is 0.204 e. The van der Waals surface area contributed by atoms with Gasteiger partial charge in [0.25, 0.3) is 0 Å². The van der Waals surface area contributed by atoms with Crippen molar-refractivity contribution < 1.29 is 0 Å². The molecule has 0 bridgehead atoms. The number of anilines is 1. The van der Waals surface area contributed by atoms with Gasteiger partial charge in [-0.25, -0.2) is 4.98 Å². The van der Waals surface area contributed by atoms with Gasteiger partial charge >= 0.3 is 0 Å². The van der Waals surface area contributed by atoms with E-state index < -0.39 is 0 Å². The van der Waals surface area contributed by atoms with Gasteiger partial charge in [0.2, 0.25) is 5.95 Å². The molecule has 0 aliphatic carbocycles. The summed E-state index contributed by atoms with van der Waals surface area (Å²) in [5.41, 5.74) is 10.2. The fraction of sp³-hybridized carbons (Fsp3) is 0.267. The molecule has 0 atom stereocenters. The van der Waals surface area contributed by atoms with E-state index in [1.165, 1.54) is 5.56 Å². The summed E-state index contributed by atoms with van der Waals surface area (Å²) in [4.78, 5) is 7.85. The Morgan fingerprint density at radius 3 is 3.00 bits per heavy atom. The number of hydrogen-bond acceptors (Lipinski definition) is 3. The normalized spacial score (nSPS) is 11.1. The number of nitrogens with one attached hydrogen (secondary N) is 2. The van der Waals surface area contributed by atoms with Crippen molar-refractivity contribution in [3.63, 3.8) is 0 Å². The molecule has 0 saturated heterocycles. The number of aromatic amines is 1. The fourth-order valence-corrected chi connectivity index (χ4v) is 2.38. The Balaban J connectivity index is 1.93. The van der Waals surface area contributed by atoms with E-state index in [1.54, 1.807) is 0 Å². The Hall–Kier alpha value is -2.27. The monoisotopic (exact) mass is 269 g/mol. The third-order valence-corrected chi connectivity index (χ3v) is 3.36. The highest BCUT2D eigenvalue weighted by Gasteiger charge is 2.10. The third-order valence-electron chi connectivity index (χ3n) is 3.36. The molecular weight excluding hydrogens is 250 g/mol. The molecule has 2 aromatic heterocycles. The van der Waals surface area contributed by atoms with E-state index in [0.717, 1.165) is 35.8 Å². The predicted molar refractivity (Wildman–Crippen MR) is 81.6 cm³/mol. The molecule has 0 amide bonds. The number of benzene rings is 1. The molecule has 0 aliphatic heterocycles. The van der Waals surface area contributed by atoms with Crippen LogP contribution < -0.4 is 11.1 Å². The summed E-state index contributed by atoms with van der Waals surface area (Å²) in [6, 6.07) is 10.3. The first-order valence-electron chi connectivity index (χ1n) is 6.81. The number of H-pyrrole nitrogens is 1. The van der Waals surface area contributed by atoms with Crippen molar-refractivity contribution in [2.24, 2.45) is 5.73 Å². The van der Waals surface area contributed by atoms with Gasteiger partial charge in [-0.05, 0) is 36.8 Å². The molecule has 5 nitrogen and oxygen atoms in total. The van der Waals surface area contributed by atoms with Crippen molar-refractivity contribution in [1.29, 1.82) is 0 Å². The molecule has 0 unspecified atom stereocenters. The molecule has 4 N–H and O–H groups in total. The Bertz CT molecular complexity index is 696. The zero-order chi connectivity index (χ0) is 13.9. The molecule has 20 heavy (non-hydrogen) atoms. The second-order valence-corrected chi connectivity index (χ2v) is 4.92. The van der Waals surface area contributed by atoms with Crippen molar-refractivity contribution in [2.45, 2.75) is 20.0 Å². The first-order chi connectivity index (χ1) is 9.78. The second-order valence-electron chi connectivity index (χ2n) is 4.92. The maximum Gasteiger partial charge on any atom is 0.204 e. The molecule has 0 saturated carbocycles. The summed E-state index contributed by atoms with van der Waals surface area (Å²) >= 11 is 0. The average Bonchev–Trinajstić information content (AvgIpc) is 3.05. The lowest BCUT2D eigenvalue weighted by Gasteiger charge is -2.09. The van der Waals surface area contributed by atoms with Crippen LogP contribution in [0.5, 0.6) is 0 Å². The Morgan fingerprint density at radius 2 is 2.25 bits per heavy atom. The molecule has 2 heterocycles. The number of aromatic nitrogens is 3. The summed E-state index contributed by atoms with van der Waals surface area (Å²) in [5, 5.41) is 3.37. The van der Waals surface area contributed by atoms with E-state index in [0.29, 0.717) is 6.54 Å². The van der Waals surface area contributed by atoms with Gasteiger partial charge in [0, 0.05) is 25.0 Å². The third kappa shape index (κ3) is 2.40. The van der Waals surface area contributed by atoms with Crippen molar-refractivity contribution >= 4 is 17.0 Å². The van der Waals surface area contributed by atoms with Crippen LogP contribution in [0, 0.1) is 6.92 Å². The van der Waals surface area contributed by atoms with Gasteiger partial charge < -0.3 is 20.6 Å². The predicted octanol–water partition coefficient (Wildman–Crippen LogP) is 2.24. The minimum atomic E-state index is 0.594. The van der Waals surface area contributed by atoms with Crippen LogP contribution in [0.15, 0.2) is 36.5 Å². The second kappa shape index (κ2) is 5.38. The zero-order valence-electron chi connectivity index (χ0n) is 11.6. The highest BCUT2D eigenvalue weighted by molar-refractivity contribution is 5.79. The van der Waals surface area contributed by atoms with Gasteiger partial charge in [-0.15, -0.1) is 0 Å². The number of aryl methyl sites for hydroxylation is 1. The minimum Gasteiger partial charge on any atom is -0.364 e. The lowest BCUT2D eigenvalue weighted by Crippen LogP contribution is -2.13. The van der Waals surface area contributed by atoms with E-state index in [9.17, 15) is 0 Å². The molecule has 104 valence electrons. The molecule has 0 spiro atoms. The van der Waals surface area contributed by atoms with Crippen molar-refractivity contribution in [3.05, 3.63) is 47.8 Å². The molecule has 0 radical (unpaired) electrons. The van der Waals surface area contributed by atoms with Crippen molar-refractivity contribution in [2.75, 3.05) is 11.9 Å². The molecule has 0 fully saturated rings. The van der Waals surface area contributed by atoms with Crippen LogP contribution >= 0.6 is 0 Å². The Morgan fingerprint density at radius 1 is 1.35 bits per heavy atom. The molecular formula is C15H19N5. The van der Waals surface area contributed by atoms with E-state index in [2.05, 4.69) is 45.0 Å². The van der Waals surface area contributed by atoms with E-state index in [4.69, 9.17) is 5.73 Å². The van der Waals surface area contributed by atoms with Crippen LogP contribution in [0.2, 0.25) is 0 Å². The largest absolute Gasteiger partial charge is 0.364 e. The minimum absolute atomic E-state index is 0.594. The standard InChI is InChI=1S/C15H19N5/c1-11-4-5-14-13(9-11)19-15(20(14)8-6-16)18-10-12-3-2-7-17-12/h2-5,7,9,17H,6,8,10,16H2,1H3,(H,18,19). The highest BCUT2D eigenvalue weighted by Crippen LogP contribution is 2.21. The first kappa shape index (κ1) is 12.7. The molecule has 3 aromatic rings. The first-order valence-corrected chi connectivity index (χ1v) is 6.81. The average molecular weight is 269 g/mol. The van der Waals surface area contributed by atoms with Gasteiger partial charge in [-0.3, -0.25) is 0 Å². The quantitative estimate of drug-likeness (QED) is 0.665. The molecule has 5 heteroatoms. The SMILES string of the molecule is Cc1ccc2c(c1)nc(NCc1ccc[nH]1)n2CCN. The van der Waals surface area contributed by atoms with Crippen LogP contribution in [-0.2, 0) is 13.1 Å². The van der Waals surface area contributed by atoms with Gasteiger partial charge in [0.1, 0.15) is 0 Å². The number of imidazole rings is 1. The summed E-state index contributed by atoms with van der Waals surface area (Å²) < 4.78 is 2.14. The van der Waals surface area contributed by atoms with Gasteiger partial charge in [0.15, 0.2) is 0 Å². The van der Waals surface area contributed by atoms with E-state index in [-0.39, 0.29) is 0 Å². The van der Waals surface area contributed by atoms with Gasteiger partial charge in [0.05, 0.1) is 17.6 Å². The lowest BCUT2D eigenvalue weighted by molar-refractivity contribution is 0.730. The summed E-state index contributed by atoms with van der Waals surface area (Å²) in [5.74, 6) is 0.866. The van der Waals surface area contributed by atoms with Crippen molar-refractivity contribution in [3.8, 4) is 0 Å². The van der Waals surface area contributed by atoms with Crippen LogP contribution in [-0.4, -0.2) is 21.1 Å². The fourth-order valence-electron chi connectivity index (χ4n) is 2.38. The maximum atomic E-state index is 5.72. The van der Waals surface area contributed by atoms with E-state index in [1.807, 2.05) is 18.3 Å². The van der Waals surface area contributed by atoms with Gasteiger partial charge in [-0.1, -0.05) is 6.07 Å². The van der Waals surface area contributed by atoms with Crippen LogP contribution in [0.1, 0.15) is 11.3 Å². The number of nitrogens with two attached hydrogens (primary N) is 1. The topological polar surface area (TPSA) is 71.7 Å². The van der Waals surface area contributed by atoms with Gasteiger partial charge in [-0.2, -0.15) is 0 Å². The maximum absolute atomic E-state index is 5.72. The zero-order valence-corrected chi connectivity index (χ0v) is 11.6. The van der Waals surface area contributed by atoms with Crippen LogP contribution in [0.4, 0.5) is 5.95 Å². The van der Waals surface area contributed by atoms with Crippen LogP contribution in [0.25, 0.3) is 11.0 Å². The van der Waals surface area contributed by atoms with E-state index >= 15 is 0 Å². The molecule has 3 rings (SSSR count). The molecule has 1 aromatic carbocycles. The molecule has 0 aliphatic rings. The van der Waals surface area contributed by atoms with Crippen molar-refractivity contribution in [1.82, 2.24) is 14.5 Å². The summed E-state index contributed by atoms with van der Waals surface area (Å²) in [6.07, 6.45) is 1.92. The Labute approximate surface area is 117 Å². The van der Waals surface area contributed by atoms with Crippen LogP contribution in [0.3, 0.4) is 0 Å². The Kier molecular flexibility index (Phi) is 3.43. The summed E-state index contributed by atoms with van der Waals surface area (Å²) in [7, 11) is 0. The number of rotatable bonds is 5. The number of nitrogens with zero attached hydrogens (tertiary/aromatic N) is 2. The highest BCUT2D eigenvalue weighted by atomic mass is 15.2.